The van der Waals surface area contributed by atoms with Gasteiger partial charge in [0.05, 0.1) is 5.69 Å². The minimum Gasteiger partial charge on any atom is -0.370 e. The van der Waals surface area contributed by atoms with E-state index in [-0.39, 0.29) is 16.8 Å². The largest absolute Gasteiger partial charge is 0.370 e. The molecule has 160 valence electrons. The quantitative estimate of drug-likeness (QED) is 0.694. The van der Waals surface area contributed by atoms with Crippen molar-refractivity contribution in [3.8, 4) is 0 Å². The molecule has 0 saturated carbocycles. The second kappa shape index (κ2) is 8.32. The number of halogens is 1. The number of hydrogen-bond donors (Lipinski definition) is 1. The monoisotopic (exact) mass is 491 g/mol. The smallest absolute Gasteiger partial charge is 0.242 e. The molecular weight excluding hydrogens is 466 g/mol. The molecule has 0 aromatic heterocycles. The minimum absolute atomic E-state index is 0.0643. The van der Waals surface area contributed by atoms with Gasteiger partial charge >= 0.3 is 0 Å². The van der Waals surface area contributed by atoms with Crippen LogP contribution in [0.25, 0.3) is 0 Å². The number of rotatable bonds is 5. The van der Waals surface area contributed by atoms with Gasteiger partial charge in [-0.3, -0.25) is 4.79 Å². The van der Waals surface area contributed by atoms with Crippen LogP contribution in [0.15, 0.2) is 45.8 Å². The highest BCUT2D eigenvalue weighted by Crippen LogP contribution is 2.40. The van der Waals surface area contributed by atoms with Crippen LogP contribution in [-0.2, 0) is 27.7 Å². The van der Waals surface area contributed by atoms with Gasteiger partial charge in [0, 0.05) is 42.8 Å². The molecule has 6 nitrogen and oxygen atoms in total. The van der Waals surface area contributed by atoms with E-state index in [1.165, 1.54) is 18.2 Å². The van der Waals surface area contributed by atoms with E-state index in [0.29, 0.717) is 29.7 Å². The van der Waals surface area contributed by atoms with Gasteiger partial charge in [0.25, 0.3) is 0 Å². The summed E-state index contributed by atoms with van der Waals surface area (Å²) in [7, 11) is -3.78. The number of nitrogens with one attached hydrogen (secondary N) is 1. The van der Waals surface area contributed by atoms with Gasteiger partial charge in [-0.1, -0.05) is 34.1 Å². The number of anilines is 2. The molecule has 0 fully saturated rings. The SMILES string of the molecule is CC(=O)N1c2c(cc(Br)cc2S(=O)(=O)NCCN2CCCc3ccccc32)CC1C. The van der Waals surface area contributed by atoms with Crippen LogP contribution in [0.3, 0.4) is 0 Å². The number of nitrogens with zero attached hydrogens (tertiary/aromatic N) is 2. The molecule has 2 heterocycles. The Morgan fingerprint density at radius 3 is 2.77 bits per heavy atom. The molecule has 2 aromatic rings. The van der Waals surface area contributed by atoms with Gasteiger partial charge in [0.15, 0.2) is 0 Å². The normalized spacial score (nSPS) is 18.3. The maximum absolute atomic E-state index is 13.2. The third-order valence-corrected chi connectivity index (χ3v) is 7.76. The van der Waals surface area contributed by atoms with Gasteiger partial charge in [-0.15, -0.1) is 0 Å². The Labute approximate surface area is 186 Å². The first-order valence-electron chi connectivity index (χ1n) is 10.2. The van der Waals surface area contributed by atoms with Crippen molar-refractivity contribution in [1.82, 2.24) is 4.72 Å². The molecule has 0 aliphatic carbocycles. The summed E-state index contributed by atoms with van der Waals surface area (Å²) in [6.45, 7) is 5.23. The van der Waals surface area contributed by atoms with Crippen molar-refractivity contribution in [1.29, 1.82) is 0 Å². The number of benzene rings is 2. The van der Waals surface area contributed by atoms with E-state index in [1.54, 1.807) is 11.0 Å². The number of sulfonamides is 1. The molecule has 30 heavy (non-hydrogen) atoms. The molecule has 1 amide bonds. The Bertz CT molecular complexity index is 1090. The fourth-order valence-electron chi connectivity index (χ4n) is 4.60. The summed E-state index contributed by atoms with van der Waals surface area (Å²) in [4.78, 5) is 16.2. The van der Waals surface area contributed by atoms with Crippen molar-refractivity contribution >= 4 is 43.2 Å². The number of fused-ring (bicyclic) bond motifs is 2. The van der Waals surface area contributed by atoms with Gasteiger partial charge in [-0.25, -0.2) is 13.1 Å². The van der Waals surface area contributed by atoms with Crippen LogP contribution in [0.4, 0.5) is 11.4 Å². The maximum Gasteiger partial charge on any atom is 0.242 e. The van der Waals surface area contributed by atoms with Crippen molar-refractivity contribution in [3.05, 3.63) is 52.0 Å². The van der Waals surface area contributed by atoms with Crippen molar-refractivity contribution in [2.45, 2.75) is 44.0 Å². The lowest BCUT2D eigenvalue weighted by molar-refractivity contribution is -0.116. The molecule has 8 heteroatoms. The third-order valence-electron chi connectivity index (χ3n) is 5.82. The van der Waals surface area contributed by atoms with Gasteiger partial charge in [-0.05, 0) is 55.5 Å². The summed E-state index contributed by atoms with van der Waals surface area (Å²) in [5.74, 6) is -0.148. The van der Waals surface area contributed by atoms with Crippen LogP contribution >= 0.6 is 15.9 Å². The van der Waals surface area contributed by atoms with Gasteiger partial charge in [0.1, 0.15) is 4.90 Å². The lowest BCUT2D eigenvalue weighted by Gasteiger charge is -2.31. The van der Waals surface area contributed by atoms with E-state index in [1.807, 2.05) is 25.1 Å². The molecular formula is C22H26BrN3O3S. The number of aryl methyl sites for hydroxylation is 1. The lowest BCUT2D eigenvalue weighted by atomic mass is 10.0. The zero-order chi connectivity index (χ0) is 21.5. The number of para-hydroxylation sites is 1. The molecule has 1 atom stereocenters. The van der Waals surface area contributed by atoms with Crippen LogP contribution in [0.1, 0.15) is 31.4 Å². The van der Waals surface area contributed by atoms with Crippen molar-refractivity contribution in [2.75, 3.05) is 29.4 Å². The predicted molar refractivity (Wildman–Crippen MR) is 123 cm³/mol. The van der Waals surface area contributed by atoms with E-state index in [0.717, 1.165) is 24.9 Å². The minimum atomic E-state index is -3.78. The van der Waals surface area contributed by atoms with E-state index in [2.05, 4.69) is 37.7 Å². The Morgan fingerprint density at radius 1 is 1.23 bits per heavy atom. The Kier molecular flexibility index (Phi) is 5.92. The molecule has 2 aliphatic rings. The summed E-state index contributed by atoms with van der Waals surface area (Å²) in [6.07, 6.45) is 2.76. The summed E-state index contributed by atoms with van der Waals surface area (Å²) in [5, 5.41) is 0. The molecule has 2 aromatic carbocycles. The van der Waals surface area contributed by atoms with Crippen LogP contribution in [0.2, 0.25) is 0 Å². The summed E-state index contributed by atoms with van der Waals surface area (Å²) < 4.78 is 29.9. The number of hydrogen-bond acceptors (Lipinski definition) is 4. The van der Waals surface area contributed by atoms with E-state index in [4.69, 9.17) is 0 Å². The fourth-order valence-corrected chi connectivity index (χ4v) is 6.53. The van der Waals surface area contributed by atoms with E-state index >= 15 is 0 Å². The fraction of sp³-hybridized carbons (Fsp3) is 0.409. The van der Waals surface area contributed by atoms with Crippen LogP contribution in [0, 0.1) is 0 Å². The van der Waals surface area contributed by atoms with Gasteiger partial charge in [-0.2, -0.15) is 0 Å². The molecule has 0 spiro atoms. The van der Waals surface area contributed by atoms with Gasteiger partial charge < -0.3 is 9.80 Å². The van der Waals surface area contributed by atoms with E-state index in [9.17, 15) is 13.2 Å². The molecule has 1 unspecified atom stereocenters. The number of carbonyl (C=O) groups excluding carboxylic acids is 1. The predicted octanol–water partition coefficient (Wildman–Crippen LogP) is 3.48. The average molecular weight is 492 g/mol. The molecule has 2 aliphatic heterocycles. The standard InChI is InChI=1S/C22H26BrN3O3S/c1-15-12-18-13-19(23)14-21(22(18)26(15)16(2)27)30(28,29)24-9-11-25-10-5-7-17-6-3-4-8-20(17)25/h3-4,6,8,13-15,24H,5,7,9-12H2,1-2H3. The summed E-state index contributed by atoms with van der Waals surface area (Å²) in [6, 6.07) is 11.7. The zero-order valence-electron chi connectivity index (χ0n) is 17.2. The third kappa shape index (κ3) is 4.00. The molecule has 1 N–H and O–H groups in total. The molecule has 0 saturated heterocycles. The molecule has 4 rings (SSSR count). The maximum atomic E-state index is 13.2. The Morgan fingerprint density at radius 2 is 2.00 bits per heavy atom. The first kappa shape index (κ1) is 21.3. The highest BCUT2D eigenvalue weighted by molar-refractivity contribution is 9.10. The first-order valence-corrected chi connectivity index (χ1v) is 12.5. The highest BCUT2D eigenvalue weighted by Gasteiger charge is 2.35. The van der Waals surface area contributed by atoms with Crippen molar-refractivity contribution in [2.24, 2.45) is 0 Å². The topological polar surface area (TPSA) is 69.7 Å². The first-order chi connectivity index (χ1) is 14.3. The second-order valence-corrected chi connectivity index (χ2v) is 10.6. The number of amides is 1. The highest BCUT2D eigenvalue weighted by atomic mass is 79.9. The lowest BCUT2D eigenvalue weighted by Crippen LogP contribution is -2.38. The van der Waals surface area contributed by atoms with Crippen LogP contribution in [0.5, 0.6) is 0 Å². The van der Waals surface area contributed by atoms with Gasteiger partial charge in [0.2, 0.25) is 15.9 Å². The Hall–Kier alpha value is -1.90. The Balaban J connectivity index is 1.55. The number of carbonyl (C=O) groups is 1. The van der Waals surface area contributed by atoms with E-state index < -0.39 is 10.0 Å². The zero-order valence-corrected chi connectivity index (χ0v) is 19.6. The van der Waals surface area contributed by atoms with Crippen LogP contribution < -0.4 is 14.5 Å². The molecule has 0 bridgehead atoms. The van der Waals surface area contributed by atoms with Crippen molar-refractivity contribution in [3.63, 3.8) is 0 Å². The second-order valence-electron chi connectivity index (χ2n) is 7.97. The van der Waals surface area contributed by atoms with Crippen LogP contribution in [-0.4, -0.2) is 40.0 Å². The van der Waals surface area contributed by atoms with Crippen molar-refractivity contribution < 1.29 is 13.2 Å². The average Bonchev–Trinajstić information content (AvgIpc) is 3.03. The molecule has 0 radical (unpaired) electrons. The summed E-state index contributed by atoms with van der Waals surface area (Å²) in [5.41, 5.74) is 3.87. The summed E-state index contributed by atoms with van der Waals surface area (Å²) >= 11 is 3.43.